The highest BCUT2D eigenvalue weighted by Crippen LogP contribution is 2.14. The van der Waals surface area contributed by atoms with Crippen LogP contribution < -0.4 is 0 Å². The van der Waals surface area contributed by atoms with E-state index in [-0.39, 0.29) is 6.03 Å². The summed E-state index contributed by atoms with van der Waals surface area (Å²) in [7, 11) is 0. The lowest BCUT2D eigenvalue weighted by atomic mass is 10.3. The molecule has 0 aromatic carbocycles. The number of urea groups is 1. The number of hydrogen-bond donors (Lipinski definition) is 0. The van der Waals surface area contributed by atoms with Gasteiger partial charge in [0.2, 0.25) is 0 Å². The Bertz CT molecular complexity index is 375. The monoisotopic (exact) mass is 282 g/mol. The Kier molecular flexibility index (Phi) is 5.66. The summed E-state index contributed by atoms with van der Waals surface area (Å²) >= 11 is 1.71. The summed E-state index contributed by atoms with van der Waals surface area (Å²) in [6.45, 7) is 6.47. The standard InChI is InChI=1S/C14H22N2O2S/c1-2-3-6-16(12-13-5-4-11-19-13)14(17)15-7-9-18-10-8-15/h4-5,11H,2-3,6-10,12H2,1H3. The Morgan fingerprint density at radius 2 is 2.26 bits per heavy atom. The molecule has 0 atom stereocenters. The molecule has 0 unspecified atom stereocenters. The average molecular weight is 282 g/mol. The predicted octanol–water partition coefficient (Wildman–Crippen LogP) is 2.80. The first kappa shape index (κ1) is 14.3. The molecule has 1 aliphatic rings. The fourth-order valence-corrected chi connectivity index (χ4v) is 2.86. The lowest BCUT2D eigenvalue weighted by molar-refractivity contribution is 0.0425. The third-order valence-corrected chi connectivity index (χ3v) is 4.12. The first-order valence-corrected chi connectivity index (χ1v) is 7.83. The number of thiophene rings is 1. The molecule has 0 N–H and O–H groups in total. The maximum absolute atomic E-state index is 12.5. The number of carbonyl (C=O) groups is 1. The Morgan fingerprint density at radius 1 is 1.47 bits per heavy atom. The van der Waals surface area contributed by atoms with Crippen molar-refractivity contribution in [1.29, 1.82) is 0 Å². The van der Waals surface area contributed by atoms with Crippen molar-refractivity contribution in [2.45, 2.75) is 26.3 Å². The molecule has 19 heavy (non-hydrogen) atoms. The molecule has 0 aliphatic carbocycles. The minimum Gasteiger partial charge on any atom is -0.378 e. The zero-order valence-electron chi connectivity index (χ0n) is 11.5. The van der Waals surface area contributed by atoms with Crippen molar-refractivity contribution < 1.29 is 9.53 Å². The Labute approximate surface area is 119 Å². The molecule has 0 saturated carbocycles. The number of morpholine rings is 1. The van der Waals surface area contributed by atoms with Crippen LogP contribution in [0.2, 0.25) is 0 Å². The van der Waals surface area contributed by atoms with Crippen LogP contribution in [0.1, 0.15) is 24.6 Å². The number of unbranched alkanes of at least 4 members (excludes halogenated alkanes) is 1. The highest BCUT2D eigenvalue weighted by atomic mass is 32.1. The quantitative estimate of drug-likeness (QED) is 0.832. The number of hydrogen-bond acceptors (Lipinski definition) is 3. The van der Waals surface area contributed by atoms with Gasteiger partial charge in [0.25, 0.3) is 0 Å². The summed E-state index contributed by atoms with van der Waals surface area (Å²) in [6.07, 6.45) is 2.17. The highest BCUT2D eigenvalue weighted by Gasteiger charge is 2.22. The molecule has 0 radical (unpaired) electrons. The van der Waals surface area contributed by atoms with E-state index in [1.54, 1.807) is 11.3 Å². The molecule has 1 aromatic rings. The van der Waals surface area contributed by atoms with E-state index in [4.69, 9.17) is 4.74 Å². The maximum atomic E-state index is 12.5. The van der Waals surface area contributed by atoms with Crippen molar-refractivity contribution in [2.24, 2.45) is 0 Å². The zero-order chi connectivity index (χ0) is 13.5. The van der Waals surface area contributed by atoms with E-state index >= 15 is 0 Å². The first-order chi connectivity index (χ1) is 9.31. The SMILES string of the molecule is CCCCN(Cc1cccs1)C(=O)N1CCOCC1. The summed E-state index contributed by atoms with van der Waals surface area (Å²) in [5.74, 6) is 0. The topological polar surface area (TPSA) is 32.8 Å². The molecule has 1 aliphatic heterocycles. The van der Waals surface area contributed by atoms with E-state index in [2.05, 4.69) is 18.4 Å². The second-order valence-corrected chi connectivity index (χ2v) is 5.77. The molecular formula is C14H22N2O2S. The predicted molar refractivity (Wildman–Crippen MR) is 77.4 cm³/mol. The molecule has 2 rings (SSSR count). The van der Waals surface area contributed by atoms with Gasteiger partial charge in [0.1, 0.15) is 0 Å². The minimum atomic E-state index is 0.158. The fourth-order valence-electron chi connectivity index (χ4n) is 2.14. The molecule has 2 amide bonds. The molecular weight excluding hydrogens is 260 g/mol. The number of carbonyl (C=O) groups excluding carboxylic acids is 1. The van der Waals surface area contributed by atoms with Crippen molar-refractivity contribution in [3.05, 3.63) is 22.4 Å². The van der Waals surface area contributed by atoms with Crippen LogP contribution in [-0.4, -0.2) is 48.7 Å². The van der Waals surface area contributed by atoms with Crippen LogP contribution in [0.15, 0.2) is 17.5 Å². The molecule has 1 fully saturated rings. The molecule has 0 bridgehead atoms. The van der Waals surface area contributed by atoms with Crippen molar-refractivity contribution in [1.82, 2.24) is 9.80 Å². The molecule has 2 heterocycles. The number of ether oxygens (including phenoxy) is 1. The molecule has 1 aromatic heterocycles. The lowest BCUT2D eigenvalue weighted by Crippen LogP contribution is -2.48. The van der Waals surface area contributed by atoms with Gasteiger partial charge < -0.3 is 14.5 Å². The lowest BCUT2D eigenvalue weighted by Gasteiger charge is -2.32. The number of rotatable bonds is 5. The van der Waals surface area contributed by atoms with Gasteiger partial charge in [0.05, 0.1) is 19.8 Å². The van der Waals surface area contributed by atoms with E-state index in [0.29, 0.717) is 26.3 Å². The van der Waals surface area contributed by atoms with E-state index in [9.17, 15) is 4.79 Å². The van der Waals surface area contributed by atoms with Gasteiger partial charge in [0.15, 0.2) is 0 Å². The summed E-state index contributed by atoms with van der Waals surface area (Å²) in [4.78, 5) is 17.7. The van der Waals surface area contributed by atoms with Crippen molar-refractivity contribution in [3.8, 4) is 0 Å². The number of nitrogens with zero attached hydrogens (tertiary/aromatic N) is 2. The van der Waals surface area contributed by atoms with Crippen molar-refractivity contribution >= 4 is 17.4 Å². The summed E-state index contributed by atoms with van der Waals surface area (Å²) < 4.78 is 5.31. The number of amides is 2. The normalized spacial score (nSPS) is 15.5. The van der Waals surface area contributed by atoms with Crippen molar-refractivity contribution in [3.63, 3.8) is 0 Å². The van der Waals surface area contributed by atoms with Gasteiger partial charge in [-0.25, -0.2) is 4.79 Å². The third-order valence-electron chi connectivity index (χ3n) is 3.26. The molecule has 5 heteroatoms. The van der Waals surface area contributed by atoms with Gasteiger partial charge in [0, 0.05) is 24.5 Å². The summed E-state index contributed by atoms with van der Waals surface area (Å²) in [5, 5.41) is 2.06. The fraction of sp³-hybridized carbons (Fsp3) is 0.643. The van der Waals surface area contributed by atoms with Gasteiger partial charge in [-0.1, -0.05) is 19.4 Å². The maximum Gasteiger partial charge on any atom is 0.320 e. The first-order valence-electron chi connectivity index (χ1n) is 6.95. The van der Waals surface area contributed by atoms with E-state index in [0.717, 1.165) is 25.9 Å². The third kappa shape index (κ3) is 4.21. The molecule has 0 spiro atoms. The van der Waals surface area contributed by atoms with Gasteiger partial charge in [-0.3, -0.25) is 0 Å². The molecule has 4 nitrogen and oxygen atoms in total. The van der Waals surface area contributed by atoms with Gasteiger partial charge in [-0.05, 0) is 17.9 Å². The van der Waals surface area contributed by atoms with Crippen LogP contribution in [0.5, 0.6) is 0 Å². The van der Waals surface area contributed by atoms with Crippen molar-refractivity contribution in [2.75, 3.05) is 32.8 Å². The largest absolute Gasteiger partial charge is 0.378 e. The molecule has 1 saturated heterocycles. The van der Waals surface area contributed by atoms with Gasteiger partial charge >= 0.3 is 6.03 Å². The van der Waals surface area contributed by atoms with Crippen LogP contribution in [0.3, 0.4) is 0 Å². The highest BCUT2D eigenvalue weighted by molar-refractivity contribution is 7.09. The average Bonchev–Trinajstić information content (AvgIpc) is 2.96. The van der Waals surface area contributed by atoms with E-state index < -0.39 is 0 Å². The summed E-state index contributed by atoms with van der Waals surface area (Å²) in [5.41, 5.74) is 0. The second kappa shape index (κ2) is 7.50. The molecule has 106 valence electrons. The van der Waals surface area contributed by atoms with Gasteiger partial charge in [-0.2, -0.15) is 0 Å². The summed E-state index contributed by atoms with van der Waals surface area (Å²) in [6, 6.07) is 4.29. The van der Waals surface area contributed by atoms with Crippen LogP contribution in [0.4, 0.5) is 4.79 Å². The van der Waals surface area contributed by atoms with Gasteiger partial charge in [-0.15, -0.1) is 11.3 Å². The Hall–Kier alpha value is -1.07. The van der Waals surface area contributed by atoms with Crippen LogP contribution in [0, 0.1) is 0 Å². The van der Waals surface area contributed by atoms with Crippen LogP contribution in [0.25, 0.3) is 0 Å². The van der Waals surface area contributed by atoms with Crippen LogP contribution >= 0.6 is 11.3 Å². The zero-order valence-corrected chi connectivity index (χ0v) is 12.3. The Balaban J connectivity index is 1.96. The smallest absolute Gasteiger partial charge is 0.320 e. The van der Waals surface area contributed by atoms with Crippen LogP contribution in [-0.2, 0) is 11.3 Å². The van der Waals surface area contributed by atoms with E-state index in [1.165, 1.54) is 4.88 Å². The minimum absolute atomic E-state index is 0.158. The Morgan fingerprint density at radius 3 is 2.89 bits per heavy atom. The second-order valence-electron chi connectivity index (χ2n) is 4.74. The van der Waals surface area contributed by atoms with E-state index in [1.807, 2.05) is 15.9 Å².